The van der Waals surface area contributed by atoms with Crippen LogP contribution in [0.5, 0.6) is 0 Å². The molecule has 3 aromatic rings. The monoisotopic (exact) mass is 533 g/mol. The van der Waals surface area contributed by atoms with Gasteiger partial charge in [0.1, 0.15) is 0 Å². The van der Waals surface area contributed by atoms with Crippen molar-refractivity contribution in [3.8, 4) is 11.3 Å². The van der Waals surface area contributed by atoms with E-state index in [1.54, 1.807) is 0 Å². The molecule has 0 aliphatic carbocycles. The number of benzene rings is 1. The van der Waals surface area contributed by atoms with Gasteiger partial charge in [0, 0.05) is 44.5 Å². The summed E-state index contributed by atoms with van der Waals surface area (Å²) in [6.45, 7) is 2.90. The van der Waals surface area contributed by atoms with Crippen LogP contribution >= 0.6 is 35.3 Å². The molecule has 1 aromatic carbocycles. The summed E-state index contributed by atoms with van der Waals surface area (Å²) in [7, 11) is 1.83. The Morgan fingerprint density at radius 1 is 1.13 bits per heavy atom. The van der Waals surface area contributed by atoms with Crippen molar-refractivity contribution in [2.24, 2.45) is 4.99 Å². The van der Waals surface area contributed by atoms with E-state index >= 15 is 0 Å². The van der Waals surface area contributed by atoms with Gasteiger partial charge in [-0.3, -0.25) is 9.98 Å². The van der Waals surface area contributed by atoms with Crippen LogP contribution in [0.25, 0.3) is 11.3 Å². The minimum absolute atomic E-state index is 0. The van der Waals surface area contributed by atoms with Gasteiger partial charge in [0.05, 0.1) is 10.7 Å². The first-order valence-corrected chi connectivity index (χ1v) is 11.0. The summed E-state index contributed by atoms with van der Waals surface area (Å²) in [6.07, 6.45) is 4.07. The summed E-state index contributed by atoms with van der Waals surface area (Å²) in [6, 6.07) is 19.3. The van der Waals surface area contributed by atoms with E-state index in [-0.39, 0.29) is 24.0 Å². The number of pyridine rings is 1. The third-order valence-corrected chi connectivity index (χ3v) is 6.15. The Morgan fingerprint density at radius 2 is 2.00 bits per heavy atom. The molecular weight excluding hydrogens is 505 g/mol. The summed E-state index contributed by atoms with van der Waals surface area (Å²) < 4.78 is 0. The maximum Gasteiger partial charge on any atom is 0.191 e. The largest absolute Gasteiger partial charge is 0.363 e. The molecule has 2 aromatic heterocycles. The smallest absolute Gasteiger partial charge is 0.191 e. The number of anilines is 1. The van der Waals surface area contributed by atoms with E-state index in [0.717, 1.165) is 49.7 Å². The molecule has 0 unspecified atom stereocenters. The number of thiophene rings is 1. The topological polar surface area (TPSA) is 52.6 Å². The van der Waals surface area contributed by atoms with E-state index in [2.05, 4.69) is 67.3 Å². The Hall–Kier alpha value is -2.13. The third-order valence-electron chi connectivity index (χ3n) is 5.22. The molecule has 3 heterocycles. The maximum atomic E-state index is 4.44. The predicted octanol–water partition coefficient (Wildman–Crippen LogP) is 4.76. The first-order valence-electron chi connectivity index (χ1n) is 10.1. The van der Waals surface area contributed by atoms with Gasteiger partial charge in [0.15, 0.2) is 5.96 Å². The highest BCUT2D eigenvalue weighted by atomic mass is 127. The van der Waals surface area contributed by atoms with E-state index in [4.69, 9.17) is 0 Å². The van der Waals surface area contributed by atoms with Crippen molar-refractivity contribution in [1.29, 1.82) is 0 Å². The number of rotatable bonds is 5. The Bertz CT molecular complexity index is 922. The van der Waals surface area contributed by atoms with Crippen LogP contribution in [0.3, 0.4) is 0 Å². The lowest BCUT2D eigenvalue weighted by atomic mass is 10.1. The van der Waals surface area contributed by atoms with Gasteiger partial charge >= 0.3 is 0 Å². The van der Waals surface area contributed by atoms with Gasteiger partial charge in [-0.1, -0.05) is 24.3 Å². The Kier molecular flexibility index (Phi) is 8.50. The van der Waals surface area contributed by atoms with Gasteiger partial charge in [0.2, 0.25) is 0 Å². The zero-order valence-electron chi connectivity index (χ0n) is 17.1. The minimum Gasteiger partial charge on any atom is -0.363 e. The van der Waals surface area contributed by atoms with Crippen molar-refractivity contribution in [2.45, 2.75) is 25.4 Å². The molecule has 0 atom stereocenters. The average Bonchev–Trinajstić information content (AvgIpc) is 3.33. The normalized spacial score (nSPS) is 14.8. The summed E-state index contributed by atoms with van der Waals surface area (Å²) in [5.74, 6) is 0.864. The SMILES string of the molecule is CN=C(NCc1cccc(-c2ccccn2)c1)NC1CCN(c2cccs2)CC1.I. The van der Waals surface area contributed by atoms with Crippen molar-refractivity contribution >= 4 is 46.3 Å². The van der Waals surface area contributed by atoms with Crippen molar-refractivity contribution in [2.75, 3.05) is 25.0 Å². The number of hydrogen-bond donors (Lipinski definition) is 2. The highest BCUT2D eigenvalue weighted by Gasteiger charge is 2.20. The van der Waals surface area contributed by atoms with E-state index in [9.17, 15) is 0 Å². The molecule has 1 aliphatic heterocycles. The lowest BCUT2D eigenvalue weighted by molar-refractivity contribution is 0.463. The molecule has 2 N–H and O–H groups in total. The Morgan fingerprint density at radius 3 is 2.70 bits per heavy atom. The molecule has 7 heteroatoms. The van der Waals surface area contributed by atoms with E-state index in [0.29, 0.717) is 6.04 Å². The number of halogens is 1. The van der Waals surface area contributed by atoms with Crippen LogP contribution in [0.2, 0.25) is 0 Å². The second kappa shape index (κ2) is 11.3. The van der Waals surface area contributed by atoms with E-state index in [1.807, 2.05) is 42.8 Å². The highest BCUT2D eigenvalue weighted by Crippen LogP contribution is 2.24. The first-order chi connectivity index (χ1) is 14.3. The molecule has 0 amide bonds. The van der Waals surface area contributed by atoms with Crippen LogP contribution < -0.4 is 15.5 Å². The van der Waals surface area contributed by atoms with Gasteiger partial charge in [-0.25, -0.2) is 0 Å². The number of hydrogen-bond acceptors (Lipinski definition) is 4. The van der Waals surface area contributed by atoms with Crippen LogP contribution in [0.15, 0.2) is 71.2 Å². The molecule has 1 fully saturated rings. The maximum absolute atomic E-state index is 4.44. The summed E-state index contributed by atoms with van der Waals surface area (Å²) in [5.41, 5.74) is 3.34. The number of aliphatic imine (C=N–C) groups is 1. The number of guanidine groups is 1. The number of piperidine rings is 1. The predicted molar refractivity (Wildman–Crippen MR) is 138 cm³/mol. The molecule has 0 spiro atoms. The number of nitrogens with one attached hydrogen (secondary N) is 2. The van der Waals surface area contributed by atoms with E-state index in [1.165, 1.54) is 10.6 Å². The second-order valence-corrected chi connectivity index (χ2v) is 8.12. The van der Waals surface area contributed by atoms with Crippen molar-refractivity contribution < 1.29 is 0 Å². The molecule has 4 rings (SSSR count). The third kappa shape index (κ3) is 5.95. The summed E-state index contributed by atoms with van der Waals surface area (Å²) in [5, 5.41) is 10.6. The zero-order valence-corrected chi connectivity index (χ0v) is 20.3. The lowest BCUT2D eigenvalue weighted by Crippen LogP contribution is -2.48. The van der Waals surface area contributed by atoms with Crippen LogP contribution in [0.4, 0.5) is 5.00 Å². The average molecular weight is 533 g/mol. The first kappa shape index (κ1) is 22.6. The van der Waals surface area contributed by atoms with Gasteiger partial charge in [-0.05, 0) is 54.1 Å². The molecule has 0 radical (unpaired) electrons. The molecular formula is C23H28IN5S. The van der Waals surface area contributed by atoms with Gasteiger partial charge in [-0.15, -0.1) is 35.3 Å². The van der Waals surface area contributed by atoms with Gasteiger partial charge in [-0.2, -0.15) is 0 Å². The van der Waals surface area contributed by atoms with Crippen molar-refractivity contribution in [3.63, 3.8) is 0 Å². The molecule has 5 nitrogen and oxygen atoms in total. The van der Waals surface area contributed by atoms with Gasteiger partial charge < -0.3 is 15.5 Å². The Balaban J connectivity index is 0.00000256. The molecule has 30 heavy (non-hydrogen) atoms. The molecule has 158 valence electrons. The zero-order chi connectivity index (χ0) is 19.9. The fourth-order valence-corrected chi connectivity index (χ4v) is 4.43. The second-order valence-electron chi connectivity index (χ2n) is 7.20. The lowest BCUT2D eigenvalue weighted by Gasteiger charge is -2.33. The molecule has 0 saturated carbocycles. The standard InChI is InChI=1S/C23H27N5S.HI/c1-24-23(27-20-10-13-28(14-11-20)22-9-5-15-29-22)26-17-18-6-4-7-19(16-18)21-8-2-3-12-25-21;/h2-9,12,15-16,20H,10-11,13-14,17H2,1H3,(H2,24,26,27);1H. The molecule has 0 bridgehead atoms. The number of nitrogens with zero attached hydrogens (tertiary/aromatic N) is 3. The van der Waals surface area contributed by atoms with Crippen LogP contribution in [-0.4, -0.2) is 37.1 Å². The summed E-state index contributed by atoms with van der Waals surface area (Å²) >= 11 is 1.82. The minimum atomic E-state index is 0. The van der Waals surface area contributed by atoms with Crippen LogP contribution in [0.1, 0.15) is 18.4 Å². The number of aromatic nitrogens is 1. The van der Waals surface area contributed by atoms with Crippen molar-refractivity contribution in [1.82, 2.24) is 15.6 Å². The van der Waals surface area contributed by atoms with Crippen LogP contribution in [0, 0.1) is 0 Å². The fourth-order valence-electron chi connectivity index (χ4n) is 3.64. The van der Waals surface area contributed by atoms with Crippen LogP contribution in [-0.2, 0) is 6.54 Å². The van der Waals surface area contributed by atoms with Crippen molar-refractivity contribution in [3.05, 3.63) is 71.7 Å². The highest BCUT2D eigenvalue weighted by molar-refractivity contribution is 14.0. The molecule has 1 aliphatic rings. The van der Waals surface area contributed by atoms with Gasteiger partial charge in [0.25, 0.3) is 0 Å². The fraction of sp³-hybridized carbons (Fsp3) is 0.304. The Labute approximate surface area is 199 Å². The quantitative estimate of drug-likeness (QED) is 0.282. The molecule has 1 saturated heterocycles. The van der Waals surface area contributed by atoms with E-state index < -0.39 is 0 Å². The summed E-state index contributed by atoms with van der Waals surface area (Å²) in [4.78, 5) is 11.3.